The first kappa shape index (κ1) is 20.1. The van der Waals surface area contributed by atoms with Crippen LogP contribution in [0.1, 0.15) is 30.4 Å². The van der Waals surface area contributed by atoms with Gasteiger partial charge in [-0.15, -0.1) is 0 Å². The van der Waals surface area contributed by atoms with Gasteiger partial charge < -0.3 is 10.2 Å². The summed E-state index contributed by atoms with van der Waals surface area (Å²) in [6.07, 6.45) is 0.215. The molecule has 28 heavy (non-hydrogen) atoms. The molecule has 5 nitrogen and oxygen atoms in total. The van der Waals surface area contributed by atoms with Crippen LogP contribution < -0.4 is 5.32 Å². The molecule has 1 aliphatic heterocycles. The van der Waals surface area contributed by atoms with E-state index in [1.54, 1.807) is 11.9 Å². The Bertz CT molecular complexity index is 739. The van der Waals surface area contributed by atoms with Gasteiger partial charge in [-0.3, -0.25) is 14.5 Å². The second-order valence-electron chi connectivity index (χ2n) is 7.29. The van der Waals surface area contributed by atoms with Gasteiger partial charge in [0, 0.05) is 39.1 Å². The average Bonchev–Trinajstić information content (AvgIpc) is 2.74. The molecule has 0 aliphatic carbocycles. The molecule has 0 unspecified atom stereocenters. The van der Waals surface area contributed by atoms with E-state index in [2.05, 4.69) is 34.5 Å². The maximum absolute atomic E-state index is 12.6. The first-order chi connectivity index (χ1) is 13.6. The zero-order chi connectivity index (χ0) is 19.9. The van der Waals surface area contributed by atoms with Crippen LogP contribution in [0.25, 0.3) is 0 Å². The van der Waals surface area contributed by atoms with Crippen LogP contribution >= 0.6 is 0 Å². The molecule has 1 fully saturated rings. The molecule has 0 spiro atoms. The van der Waals surface area contributed by atoms with Crippen molar-refractivity contribution in [3.05, 3.63) is 71.8 Å². The Labute approximate surface area is 167 Å². The van der Waals surface area contributed by atoms with Gasteiger partial charge in [-0.05, 0) is 18.1 Å². The van der Waals surface area contributed by atoms with E-state index in [4.69, 9.17) is 0 Å². The number of carbonyl (C=O) groups excluding carboxylic acids is 2. The molecule has 2 aromatic rings. The van der Waals surface area contributed by atoms with Crippen LogP contribution in [0.4, 0.5) is 0 Å². The summed E-state index contributed by atoms with van der Waals surface area (Å²) in [6.45, 7) is 4.65. The largest absolute Gasteiger partial charge is 0.353 e. The van der Waals surface area contributed by atoms with Gasteiger partial charge in [0.15, 0.2) is 0 Å². The summed E-state index contributed by atoms with van der Waals surface area (Å²) in [5, 5.41) is 2.93. The molecule has 1 saturated heterocycles. The Morgan fingerprint density at radius 1 is 1.11 bits per heavy atom. The molecular weight excluding hydrogens is 350 g/mol. The van der Waals surface area contributed by atoms with Crippen LogP contribution in [-0.2, 0) is 9.59 Å². The topological polar surface area (TPSA) is 52.7 Å². The summed E-state index contributed by atoms with van der Waals surface area (Å²) >= 11 is 0. The first-order valence-electron chi connectivity index (χ1n) is 9.95. The summed E-state index contributed by atoms with van der Waals surface area (Å²) in [6, 6.07) is 20.3. The quantitative estimate of drug-likeness (QED) is 0.804. The number of amides is 2. The number of rotatable bonds is 7. The smallest absolute Gasteiger partial charge is 0.237 e. The Morgan fingerprint density at radius 2 is 1.68 bits per heavy atom. The normalized spacial score (nSPS) is 17.4. The lowest BCUT2D eigenvalue weighted by atomic mass is 9.90. The summed E-state index contributed by atoms with van der Waals surface area (Å²) in [4.78, 5) is 28.9. The van der Waals surface area contributed by atoms with Gasteiger partial charge in [0.05, 0.1) is 12.5 Å². The lowest BCUT2D eigenvalue weighted by molar-refractivity contribution is -0.138. The van der Waals surface area contributed by atoms with Crippen molar-refractivity contribution in [3.63, 3.8) is 0 Å². The molecule has 0 saturated carbocycles. The second-order valence-corrected chi connectivity index (χ2v) is 7.29. The van der Waals surface area contributed by atoms with Gasteiger partial charge >= 0.3 is 0 Å². The predicted molar refractivity (Wildman–Crippen MR) is 111 cm³/mol. The highest BCUT2D eigenvalue weighted by molar-refractivity contribution is 5.88. The van der Waals surface area contributed by atoms with Crippen molar-refractivity contribution in [3.8, 4) is 0 Å². The second kappa shape index (κ2) is 9.51. The minimum Gasteiger partial charge on any atom is -0.353 e. The highest BCUT2D eigenvalue weighted by atomic mass is 16.2. The number of nitrogens with one attached hydrogen (secondary N) is 1. The number of benzene rings is 2. The van der Waals surface area contributed by atoms with Crippen LogP contribution in [0.15, 0.2) is 60.7 Å². The monoisotopic (exact) mass is 379 g/mol. The standard InChI is InChI=1S/C23H29N3O2/c1-3-25(2)22(27)16-21-23(28)24-14-15-26(21)17-20(18-10-6-4-7-11-18)19-12-8-5-9-13-19/h4-13,20-21H,3,14-17H2,1-2H3,(H,24,28)/t21-/m0/s1. The fourth-order valence-electron chi connectivity index (χ4n) is 3.71. The molecule has 1 atom stereocenters. The van der Waals surface area contributed by atoms with E-state index in [9.17, 15) is 9.59 Å². The lowest BCUT2D eigenvalue weighted by Crippen LogP contribution is -2.57. The van der Waals surface area contributed by atoms with Crippen molar-refractivity contribution in [2.45, 2.75) is 25.3 Å². The maximum atomic E-state index is 12.6. The molecule has 0 radical (unpaired) electrons. The molecule has 148 valence electrons. The molecule has 0 aromatic heterocycles. The molecule has 2 aromatic carbocycles. The minimum absolute atomic E-state index is 0.00511. The Hall–Kier alpha value is -2.66. The van der Waals surface area contributed by atoms with Gasteiger partial charge in [0.2, 0.25) is 11.8 Å². The fourth-order valence-corrected chi connectivity index (χ4v) is 3.71. The highest BCUT2D eigenvalue weighted by Crippen LogP contribution is 2.27. The molecule has 2 amide bonds. The molecule has 0 bridgehead atoms. The summed E-state index contributed by atoms with van der Waals surface area (Å²) < 4.78 is 0. The van der Waals surface area contributed by atoms with Crippen LogP contribution in [-0.4, -0.2) is 60.9 Å². The molecule has 1 heterocycles. The third kappa shape index (κ3) is 4.78. The van der Waals surface area contributed by atoms with Crippen molar-refractivity contribution in [2.24, 2.45) is 0 Å². The number of piperazine rings is 1. The fraction of sp³-hybridized carbons (Fsp3) is 0.391. The Balaban J connectivity index is 1.85. The summed E-state index contributed by atoms with van der Waals surface area (Å²) in [5.74, 6) is 0.101. The van der Waals surface area contributed by atoms with E-state index in [1.807, 2.05) is 43.3 Å². The Kier molecular flexibility index (Phi) is 6.82. The van der Waals surface area contributed by atoms with E-state index < -0.39 is 6.04 Å². The van der Waals surface area contributed by atoms with Crippen LogP contribution in [0.2, 0.25) is 0 Å². The molecular formula is C23H29N3O2. The van der Waals surface area contributed by atoms with Crippen molar-refractivity contribution in [1.29, 1.82) is 0 Å². The molecule has 5 heteroatoms. The van der Waals surface area contributed by atoms with Gasteiger partial charge in [-0.2, -0.15) is 0 Å². The van der Waals surface area contributed by atoms with Crippen molar-refractivity contribution in [1.82, 2.24) is 15.1 Å². The van der Waals surface area contributed by atoms with E-state index in [0.29, 0.717) is 19.6 Å². The molecule has 1 N–H and O–H groups in total. The third-order valence-corrected chi connectivity index (χ3v) is 5.53. The van der Waals surface area contributed by atoms with Gasteiger partial charge in [0.1, 0.15) is 0 Å². The first-order valence-corrected chi connectivity index (χ1v) is 9.95. The molecule has 1 aliphatic rings. The number of carbonyl (C=O) groups is 2. The molecule has 3 rings (SSSR count). The summed E-state index contributed by atoms with van der Waals surface area (Å²) in [5.41, 5.74) is 2.44. The number of nitrogens with zero attached hydrogens (tertiary/aromatic N) is 2. The van der Waals surface area contributed by atoms with E-state index >= 15 is 0 Å². The van der Waals surface area contributed by atoms with E-state index in [1.165, 1.54) is 11.1 Å². The zero-order valence-electron chi connectivity index (χ0n) is 16.7. The highest BCUT2D eigenvalue weighted by Gasteiger charge is 2.34. The summed E-state index contributed by atoms with van der Waals surface area (Å²) in [7, 11) is 1.78. The van der Waals surface area contributed by atoms with E-state index in [-0.39, 0.29) is 24.2 Å². The van der Waals surface area contributed by atoms with Gasteiger partial charge in [0.25, 0.3) is 0 Å². The lowest BCUT2D eigenvalue weighted by Gasteiger charge is -2.37. The number of hydrogen-bond acceptors (Lipinski definition) is 3. The Morgan fingerprint density at radius 3 is 2.21 bits per heavy atom. The number of hydrogen-bond donors (Lipinski definition) is 1. The SMILES string of the molecule is CCN(C)C(=O)C[C@H]1C(=O)NCCN1CC(c1ccccc1)c1ccccc1. The zero-order valence-corrected chi connectivity index (χ0v) is 16.7. The van der Waals surface area contributed by atoms with E-state index in [0.717, 1.165) is 6.54 Å². The minimum atomic E-state index is -0.426. The van der Waals surface area contributed by atoms with Crippen LogP contribution in [0.3, 0.4) is 0 Å². The van der Waals surface area contributed by atoms with Crippen molar-refractivity contribution < 1.29 is 9.59 Å². The predicted octanol–water partition coefficient (Wildman–Crippen LogP) is 2.49. The van der Waals surface area contributed by atoms with Crippen molar-refractivity contribution >= 4 is 11.8 Å². The van der Waals surface area contributed by atoms with Gasteiger partial charge in [-0.1, -0.05) is 60.7 Å². The van der Waals surface area contributed by atoms with Gasteiger partial charge in [-0.25, -0.2) is 0 Å². The average molecular weight is 380 g/mol. The third-order valence-electron chi connectivity index (χ3n) is 5.53. The van der Waals surface area contributed by atoms with Crippen molar-refractivity contribution in [2.75, 3.05) is 33.2 Å². The van der Waals surface area contributed by atoms with Crippen LogP contribution in [0, 0.1) is 0 Å². The van der Waals surface area contributed by atoms with Crippen LogP contribution in [0.5, 0.6) is 0 Å². The maximum Gasteiger partial charge on any atom is 0.237 e.